The van der Waals surface area contributed by atoms with Gasteiger partial charge in [0.15, 0.2) is 12.4 Å². The zero-order chi connectivity index (χ0) is 22.2. The molecular weight excluding hydrogens is 406 g/mol. The van der Waals surface area contributed by atoms with Crippen LogP contribution in [-0.4, -0.2) is 41.6 Å². The van der Waals surface area contributed by atoms with Crippen molar-refractivity contribution in [2.45, 2.75) is 25.7 Å². The normalized spacial score (nSPS) is 20.7. The number of carbonyl (C=O) groups is 4. The molecule has 2 atom stereocenters. The van der Waals surface area contributed by atoms with Crippen molar-refractivity contribution in [1.29, 1.82) is 0 Å². The summed E-state index contributed by atoms with van der Waals surface area (Å²) >= 11 is 0. The minimum Gasteiger partial charge on any atom is -0.457 e. The van der Waals surface area contributed by atoms with Gasteiger partial charge in [0.2, 0.25) is 11.8 Å². The van der Waals surface area contributed by atoms with E-state index in [1.165, 1.54) is 16.0 Å². The number of imide groups is 1. The number of likely N-dealkylation sites (tertiary alicyclic amines) is 1. The molecule has 5 rings (SSSR count). The fourth-order valence-corrected chi connectivity index (χ4v) is 4.89. The van der Waals surface area contributed by atoms with Crippen molar-refractivity contribution in [2.75, 3.05) is 13.2 Å². The van der Waals surface area contributed by atoms with Crippen LogP contribution >= 0.6 is 0 Å². The first-order valence-corrected chi connectivity index (χ1v) is 10.9. The first kappa shape index (κ1) is 20.4. The van der Waals surface area contributed by atoms with E-state index < -0.39 is 5.97 Å². The molecule has 0 bridgehead atoms. The number of rotatable bonds is 6. The smallest absolute Gasteiger partial charge is 0.308 e. The Balaban J connectivity index is 1.16. The van der Waals surface area contributed by atoms with E-state index in [0.29, 0.717) is 18.4 Å². The lowest BCUT2D eigenvalue weighted by molar-refractivity contribution is -0.145. The van der Waals surface area contributed by atoms with Crippen LogP contribution in [0.25, 0.3) is 11.1 Å². The second-order valence-corrected chi connectivity index (χ2v) is 8.52. The minimum absolute atomic E-state index is 0.00663. The molecule has 0 spiro atoms. The maximum atomic E-state index is 12.6. The molecule has 1 fully saturated rings. The Labute approximate surface area is 185 Å². The summed E-state index contributed by atoms with van der Waals surface area (Å²) in [4.78, 5) is 50.9. The van der Waals surface area contributed by atoms with Crippen LogP contribution in [-0.2, 0) is 25.5 Å². The van der Waals surface area contributed by atoms with E-state index in [9.17, 15) is 19.2 Å². The summed E-state index contributed by atoms with van der Waals surface area (Å²) in [5.41, 5.74) is 5.08. The van der Waals surface area contributed by atoms with Gasteiger partial charge in [-0.1, -0.05) is 48.6 Å². The summed E-state index contributed by atoms with van der Waals surface area (Å²) in [5, 5.41) is 0. The number of hydrogen-bond acceptors (Lipinski definition) is 5. The maximum Gasteiger partial charge on any atom is 0.308 e. The largest absolute Gasteiger partial charge is 0.457 e. The summed E-state index contributed by atoms with van der Waals surface area (Å²) in [6, 6.07) is 13.7. The van der Waals surface area contributed by atoms with Crippen LogP contribution in [0.3, 0.4) is 0 Å². The van der Waals surface area contributed by atoms with Gasteiger partial charge in [-0.2, -0.15) is 0 Å². The lowest BCUT2D eigenvalue weighted by Gasteiger charge is -2.14. The van der Waals surface area contributed by atoms with E-state index in [2.05, 4.69) is 6.07 Å². The molecule has 0 saturated carbocycles. The van der Waals surface area contributed by atoms with Crippen molar-refractivity contribution in [2.24, 2.45) is 11.8 Å². The van der Waals surface area contributed by atoms with Crippen molar-refractivity contribution in [3.63, 3.8) is 0 Å². The predicted octanol–water partition coefficient (Wildman–Crippen LogP) is 3.33. The van der Waals surface area contributed by atoms with Gasteiger partial charge in [-0.15, -0.1) is 0 Å². The van der Waals surface area contributed by atoms with Gasteiger partial charge in [0, 0.05) is 12.1 Å². The molecule has 0 radical (unpaired) electrons. The van der Waals surface area contributed by atoms with Crippen LogP contribution in [0.2, 0.25) is 0 Å². The second-order valence-electron chi connectivity index (χ2n) is 8.52. The average molecular weight is 429 g/mol. The molecule has 2 amide bonds. The van der Waals surface area contributed by atoms with E-state index in [-0.39, 0.29) is 49.0 Å². The molecule has 1 heterocycles. The first-order chi connectivity index (χ1) is 15.5. The summed E-state index contributed by atoms with van der Waals surface area (Å²) in [6.45, 7) is -0.371. The van der Waals surface area contributed by atoms with Crippen LogP contribution in [0.4, 0.5) is 0 Å². The third kappa shape index (κ3) is 3.55. The second kappa shape index (κ2) is 8.19. The van der Waals surface area contributed by atoms with Crippen LogP contribution in [0.15, 0.2) is 54.6 Å². The number of carbonyl (C=O) groups excluding carboxylic acids is 4. The third-order valence-corrected chi connectivity index (χ3v) is 6.62. The Morgan fingerprint density at radius 3 is 2.34 bits per heavy atom. The van der Waals surface area contributed by atoms with Crippen LogP contribution < -0.4 is 0 Å². The van der Waals surface area contributed by atoms with E-state index in [1.54, 1.807) is 6.07 Å². The zero-order valence-corrected chi connectivity index (χ0v) is 17.6. The number of benzene rings is 2. The van der Waals surface area contributed by atoms with E-state index in [4.69, 9.17) is 4.74 Å². The Bertz CT molecular complexity index is 1140. The molecule has 2 aromatic carbocycles. The Morgan fingerprint density at radius 1 is 0.906 bits per heavy atom. The highest BCUT2D eigenvalue weighted by Gasteiger charge is 2.46. The molecule has 0 aromatic heterocycles. The van der Waals surface area contributed by atoms with E-state index >= 15 is 0 Å². The zero-order valence-electron chi connectivity index (χ0n) is 17.6. The lowest BCUT2D eigenvalue weighted by Crippen LogP contribution is -2.33. The van der Waals surface area contributed by atoms with Gasteiger partial charge < -0.3 is 4.74 Å². The molecule has 1 saturated heterocycles. The molecule has 2 aromatic rings. The van der Waals surface area contributed by atoms with Gasteiger partial charge >= 0.3 is 5.97 Å². The maximum absolute atomic E-state index is 12.6. The fourth-order valence-electron chi connectivity index (χ4n) is 4.89. The van der Waals surface area contributed by atoms with Crippen molar-refractivity contribution < 1.29 is 23.9 Å². The number of fused-ring (bicyclic) bond motifs is 4. The van der Waals surface area contributed by atoms with E-state index in [1.807, 2.05) is 42.5 Å². The minimum atomic E-state index is -0.599. The summed E-state index contributed by atoms with van der Waals surface area (Å²) in [7, 11) is 0. The fraction of sp³-hybridized carbons (Fsp3) is 0.308. The third-order valence-electron chi connectivity index (χ3n) is 6.62. The average Bonchev–Trinajstić information content (AvgIpc) is 3.31. The molecule has 3 aliphatic rings. The highest BCUT2D eigenvalue weighted by atomic mass is 16.5. The molecule has 2 unspecified atom stereocenters. The summed E-state index contributed by atoms with van der Waals surface area (Å²) in [5.74, 6) is -1.93. The molecule has 32 heavy (non-hydrogen) atoms. The van der Waals surface area contributed by atoms with Gasteiger partial charge in [0.1, 0.15) is 0 Å². The lowest BCUT2D eigenvalue weighted by atomic mass is 9.85. The number of Topliss-reactive ketones (excluding diaryl/α,β-unsaturated/α-hetero) is 1. The SMILES string of the molecule is O=C(CCN1C(=O)C2CC=CCC2C1=O)OCC(=O)c1ccc2c(c1)-c1ccccc1C2. The molecule has 2 aliphatic carbocycles. The van der Waals surface area contributed by atoms with Crippen LogP contribution in [0, 0.1) is 11.8 Å². The van der Waals surface area contributed by atoms with Gasteiger partial charge in [0.25, 0.3) is 0 Å². The number of ether oxygens (including phenoxy) is 1. The number of esters is 1. The van der Waals surface area contributed by atoms with Crippen molar-refractivity contribution in [3.05, 3.63) is 71.3 Å². The van der Waals surface area contributed by atoms with Gasteiger partial charge in [-0.25, -0.2) is 0 Å². The van der Waals surface area contributed by atoms with E-state index in [0.717, 1.165) is 17.5 Å². The summed E-state index contributed by atoms with van der Waals surface area (Å²) < 4.78 is 5.15. The number of hydrogen-bond donors (Lipinski definition) is 0. The Morgan fingerprint density at radius 2 is 1.59 bits per heavy atom. The highest BCUT2D eigenvalue weighted by Crippen LogP contribution is 2.37. The molecule has 6 heteroatoms. The van der Waals surface area contributed by atoms with Gasteiger partial charge in [-0.05, 0) is 47.6 Å². The predicted molar refractivity (Wildman–Crippen MR) is 117 cm³/mol. The molecule has 162 valence electrons. The molecule has 6 nitrogen and oxygen atoms in total. The Hall–Kier alpha value is -3.54. The topological polar surface area (TPSA) is 80.8 Å². The van der Waals surface area contributed by atoms with Crippen molar-refractivity contribution in [1.82, 2.24) is 4.90 Å². The number of amides is 2. The summed E-state index contributed by atoms with van der Waals surface area (Å²) in [6.07, 6.45) is 5.71. The highest BCUT2D eigenvalue weighted by molar-refractivity contribution is 6.05. The molecular formula is C26H23NO5. The molecule has 0 N–H and O–H groups in total. The first-order valence-electron chi connectivity index (χ1n) is 10.9. The van der Waals surface area contributed by atoms with Crippen LogP contribution in [0.5, 0.6) is 0 Å². The number of nitrogens with zero attached hydrogens (tertiary/aromatic N) is 1. The standard InChI is InChI=1S/C26H23NO5/c28-23(18-10-9-17-13-16-5-1-2-6-19(16)22(17)14-18)15-32-24(29)11-12-27-25(30)20-7-3-4-8-21(20)26(27)31/h1-6,9-10,14,20-21H,7-8,11-13,15H2. The Kier molecular flexibility index (Phi) is 5.21. The quantitative estimate of drug-likeness (QED) is 0.260. The number of allylic oxidation sites excluding steroid dienone is 2. The van der Waals surface area contributed by atoms with Gasteiger partial charge in [0.05, 0.1) is 18.3 Å². The van der Waals surface area contributed by atoms with Gasteiger partial charge in [-0.3, -0.25) is 24.1 Å². The molecule has 1 aliphatic heterocycles. The van der Waals surface area contributed by atoms with Crippen molar-refractivity contribution >= 4 is 23.6 Å². The van der Waals surface area contributed by atoms with Crippen molar-refractivity contribution in [3.8, 4) is 11.1 Å². The van der Waals surface area contributed by atoms with Crippen LogP contribution in [0.1, 0.15) is 40.7 Å². The monoisotopic (exact) mass is 429 g/mol. The number of ketones is 1.